The third-order valence-electron chi connectivity index (χ3n) is 4.07. The SMILES string of the molecule is Cc1ccc2oc(-c3ccc(NC(=O)COc4ccccc4)cc3)nc2c1. The average molecular weight is 358 g/mol. The molecule has 1 amide bonds. The van der Waals surface area contributed by atoms with Crippen molar-refractivity contribution in [1.29, 1.82) is 0 Å². The molecule has 4 rings (SSSR count). The highest BCUT2D eigenvalue weighted by molar-refractivity contribution is 5.92. The van der Waals surface area contributed by atoms with Crippen molar-refractivity contribution in [1.82, 2.24) is 4.98 Å². The first-order valence-corrected chi connectivity index (χ1v) is 8.63. The zero-order valence-electron chi connectivity index (χ0n) is 14.8. The number of benzene rings is 3. The summed E-state index contributed by atoms with van der Waals surface area (Å²) in [5, 5.41) is 2.81. The number of anilines is 1. The number of para-hydroxylation sites is 1. The highest BCUT2D eigenvalue weighted by atomic mass is 16.5. The number of aryl methyl sites for hydroxylation is 1. The predicted molar refractivity (Wildman–Crippen MR) is 105 cm³/mol. The minimum atomic E-state index is -0.219. The van der Waals surface area contributed by atoms with E-state index in [9.17, 15) is 4.79 Å². The summed E-state index contributed by atoms with van der Waals surface area (Å²) in [5.74, 6) is 0.999. The van der Waals surface area contributed by atoms with Crippen LogP contribution in [0.15, 0.2) is 77.2 Å². The number of nitrogens with one attached hydrogen (secondary N) is 1. The number of nitrogens with zero attached hydrogens (tertiary/aromatic N) is 1. The van der Waals surface area contributed by atoms with E-state index in [4.69, 9.17) is 9.15 Å². The van der Waals surface area contributed by atoms with Crippen LogP contribution in [-0.2, 0) is 4.79 Å². The van der Waals surface area contributed by atoms with Crippen molar-refractivity contribution in [2.45, 2.75) is 6.92 Å². The van der Waals surface area contributed by atoms with Gasteiger partial charge in [0, 0.05) is 11.3 Å². The Morgan fingerprint density at radius 3 is 2.59 bits per heavy atom. The molecule has 5 nitrogen and oxygen atoms in total. The summed E-state index contributed by atoms with van der Waals surface area (Å²) in [5.41, 5.74) is 4.26. The first-order chi connectivity index (χ1) is 13.2. The Morgan fingerprint density at radius 1 is 1.04 bits per heavy atom. The Labute approximate surface area is 156 Å². The normalized spacial score (nSPS) is 10.7. The zero-order valence-corrected chi connectivity index (χ0v) is 14.8. The van der Waals surface area contributed by atoms with Gasteiger partial charge in [0.1, 0.15) is 11.3 Å². The van der Waals surface area contributed by atoms with Gasteiger partial charge < -0.3 is 14.5 Å². The Kier molecular flexibility index (Phi) is 4.58. The maximum Gasteiger partial charge on any atom is 0.262 e. The lowest BCUT2D eigenvalue weighted by Crippen LogP contribution is -2.20. The van der Waals surface area contributed by atoms with Crippen molar-refractivity contribution >= 4 is 22.7 Å². The molecule has 27 heavy (non-hydrogen) atoms. The van der Waals surface area contributed by atoms with E-state index in [0.717, 1.165) is 22.2 Å². The Balaban J connectivity index is 1.41. The van der Waals surface area contributed by atoms with Gasteiger partial charge in [-0.2, -0.15) is 0 Å². The number of carbonyl (C=O) groups excluding carboxylic acids is 1. The topological polar surface area (TPSA) is 64.4 Å². The molecule has 0 radical (unpaired) electrons. The van der Waals surface area contributed by atoms with Gasteiger partial charge in [-0.05, 0) is 61.0 Å². The van der Waals surface area contributed by atoms with Crippen molar-refractivity contribution in [3.63, 3.8) is 0 Å². The largest absolute Gasteiger partial charge is 0.484 e. The molecular weight excluding hydrogens is 340 g/mol. The molecule has 0 spiro atoms. The molecule has 0 bridgehead atoms. The first-order valence-electron chi connectivity index (χ1n) is 8.63. The van der Waals surface area contributed by atoms with Gasteiger partial charge >= 0.3 is 0 Å². The van der Waals surface area contributed by atoms with Crippen LogP contribution in [0.1, 0.15) is 5.56 Å². The van der Waals surface area contributed by atoms with Gasteiger partial charge in [0.05, 0.1) is 0 Å². The Hall–Kier alpha value is -3.60. The summed E-state index contributed by atoms with van der Waals surface area (Å²) in [6.07, 6.45) is 0. The van der Waals surface area contributed by atoms with Crippen LogP contribution in [0.5, 0.6) is 5.75 Å². The number of oxazole rings is 1. The van der Waals surface area contributed by atoms with Crippen LogP contribution in [-0.4, -0.2) is 17.5 Å². The van der Waals surface area contributed by atoms with Gasteiger partial charge in [0.2, 0.25) is 5.89 Å². The number of fused-ring (bicyclic) bond motifs is 1. The highest BCUT2D eigenvalue weighted by Gasteiger charge is 2.09. The minimum Gasteiger partial charge on any atom is -0.484 e. The van der Waals surface area contributed by atoms with Crippen molar-refractivity contribution < 1.29 is 13.9 Å². The molecule has 0 fully saturated rings. The second kappa shape index (κ2) is 7.33. The van der Waals surface area contributed by atoms with Crippen molar-refractivity contribution in [2.75, 3.05) is 11.9 Å². The van der Waals surface area contributed by atoms with Gasteiger partial charge in [-0.1, -0.05) is 24.3 Å². The van der Waals surface area contributed by atoms with Crippen LogP contribution >= 0.6 is 0 Å². The lowest BCUT2D eigenvalue weighted by Gasteiger charge is -2.07. The summed E-state index contributed by atoms with van der Waals surface area (Å²) < 4.78 is 11.2. The molecular formula is C22H18N2O3. The van der Waals surface area contributed by atoms with Crippen LogP contribution in [0.3, 0.4) is 0 Å². The van der Waals surface area contributed by atoms with Crippen LogP contribution < -0.4 is 10.1 Å². The van der Waals surface area contributed by atoms with E-state index in [1.807, 2.05) is 79.7 Å². The third kappa shape index (κ3) is 3.98. The van der Waals surface area contributed by atoms with Crippen LogP contribution in [0.2, 0.25) is 0 Å². The van der Waals surface area contributed by atoms with Gasteiger partial charge in [0.25, 0.3) is 5.91 Å². The molecule has 0 aliphatic heterocycles. The second-order valence-corrected chi connectivity index (χ2v) is 6.22. The van der Waals surface area contributed by atoms with E-state index >= 15 is 0 Å². The smallest absolute Gasteiger partial charge is 0.262 e. The van der Waals surface area contributed by atoms with Crippen molar-refractivity contribution in [3.05, 3.63) is 78.4 Å². The number of rotatable bonds is 5. The molecule has 1 heterocycles. The lowest BCUT2D eigenvalue weighted by molar-refractivity contribution is -0.118. The van der Waals surface area contributed by atoms with E-state index in [1.165, 1.54) is 0 Å². The van der Waals surface area contributed by atoms with Crippen LogP contribution in [0.4, 0.5) is 5.69 Å². The molecule has 4 aromatic rings. The lowest BCUT2D eigenvalue weighted by atomic mass is 10.2. The standard InChI is InChI=1S/C22H18N2O3/c1-15-7-12-20-19(13-15)24-22(27-20)16-8-10-17(11-9-16)23-21(25)14-26-18-5-3-2-4-6-18/h2-13H,14H2,1H3,(H,23,25). The number of hydrogen-bond acceptors (Lipinski definition) is 4. The Morgan fingerprint density at radius 2 is 1.81 bits per heavy atom. The second-order valence-electron chi connectivity index (χ2n) is 6.22. The number of ether oxygens (including phenoxy) is 1. The molecule has 0 saturated heterocycles. The number of carbonyl (C=O) groups is 1. The monoisotopic (exact) mass is 358 g/mol. The molecule has 1 aromatic heterocycles. The molecule has 5 heteroatoms. The van der Waals surface area contributed by atoms with E-state index in [0.29, 0.717) is 17.3 Å². The van der Waals surface area contributed by atoms with Gasteiger partial charge in [-0.15, -0.1) is 0 Å². The van der Waals surface area contributed by atoms with Crippen molar-refractivity contribution in [3.8, 4) is 17.2 Å². The summed E-state index contributed by atoms with van der Waals surface area (Å²) in [7, 11) is 0. The van der Waals surface area contributed by atoms with Gasteiger partial charge in [-0.3, -0.25) is 4.79 Å². The average Bonchev–Trinajstić information content (AvgIpc) is 3.11. The fourth-order valence-electron chi connectivity index (χ4n) is 2.72. The Bertz CT molecular complexity index is 1070. The number of amides is 1. The van der Waals surface area contributed by atoms with E-state index < -0.39 is 0 Å². The maximum absolute atomic E-state index is 12.0. The molecule has 1 N–H and O–H groups in total. The molecule has 0 aliphatic rings. The predicted octanol–water partition coefficient (Wildman–Crippen LogP) is 4.82. The fraction of sp³-hybridized carbons (Fsp3) is 0.0909. The zero-order chi connectivity index (χ0) is 18.6. The van der Waals surface area contributed by atoms with Crippen molar-refractivity contribution in [2.24, 2.45) is 0 Å². The third-order valence-corrected chi connectivity index (χ3v) is 4.07. The first kappa shape index (κ1) is 16.8. The maximum atomic E-state index is 12.0. The highest BCUT2D eigenvalue weighted by Crippen LogP contribution is 2.26. The van der Waals surface area contributed by atoms with E-state index in [1.54, 1.807) is 0 Å². The fourth-order valence-corrected chi connectivity index (χ4v) is 2.72. The van der Waals surface area contributed by atoms with Gasteiger partial charge in [0.15, 0.2) is 12.2 Å². The molecule has 0 aliphatic carbocycles. The summed E-state index contributed by atoms with van der Waals surface area (Å²) in [6, 6.07) is 22.5. The number of aromatic nitrogens is 1. The molecule has 0 unspecified atom stereocenters. The summed E-state index contributed by atoms with van der Waals surface area (Å²) in [4.78, 5) is 16.5. The van der Waals surface area contributed by atoms with Crippen LogP contribution in [0, 0.1) is 6.92 Å². The number of hydrogen-bond donors (Lipinski definition) is 1. The van der Waals surface area contributed by atoms with E-state index in [2.05, 4.69) is 10.3 Å². The van der Waals surface area contributed by atoms with E-state index in [-0.39, 0.29) is 12.5 Å². The van der Waals surface area contributed by atoms with Gasteiger partial charge in [-0.25, -0.2) is 4.98 Å². The molecule has 134 valence electrons. The summed E-state index contributed by atoms with van der Waals surface area (Å²) in [6.45, 7) is 1.98. The molecule has 0 atom stereocenters. The summed E-state index contributed by atoms with van der Waals surface area (Å²) >= 11 is 0. The quantitative estimate of drug-likeness (QED) is 0.555. The molecule has 3 aromatic carbocycles. The van der Waals surface area contributed by atoms with Crippen LogP contribution in [0.25, 0.3) is 22.6 Å². The minimum absolute atomic E-state index is 0.0454. The molecule has 0 saturated carbocycles.